The maximum Gasteiger partial charge on any atom is 0.236 e. The highest BCUT2D eigenvalue weighted by molar-refractivity contribution is 7.88. The van der Waals surface area contributed by atoms with E-state index < -0.39 is 10.0 Å². The van der Waals surface area contributed by atoms with E-state index in [1.54, 1.807) is 12.0 Å². The number of benzene rings is 1. The fraction of sp³-hybridized carbons (Fsp3) is 0.562. The fourth-order valence-electron chi connectivity index (χ4n) is 2.57. The first-order chi connectivity index (χ1) is 11.5. The number of nitrogens with one attached hydrogen (secondary N) is 1. The number of ether oxygens (including phenoxy) is 1. The number of hydrogen-bond donors (Lipinski definition) is 1. The Balaban J connectivity index is 0.00000312. The van der Waals surface area contributed by atoms with Gasteiger partial charge in [0.1, 0.15) is 0 Å². The van der Waals surface area contributed by atoms with Crippen LogP contribution in [0.5, 0.6) is 0 Å². The van der Waals surface area contributed by atoms with Gasteiger partial charge >= 0.3 is 0 Å². The van der Waals surface area contributed by atoms with Crippen LogP contribution in [-0.4, -0.2) is 76.5 Å². The monoisotopic (exact) mass is 391 g/mol. The number of carbonyl (C=O) groups is 1. The second-order valence-electron chi connectivity index (χ2n) is 5.69. The summed E-state index contributed by atoms with van der Waals surface area (Å²) in [5.41, 5.74) is 0.776. The average molecular weight is 392 g/mol. The van der Waals surface area contributed by atoms with Crippen LogP contribution in [-0.2, 0) is 25.3 Å². The summed E-state index contributed by atoms with van der Waals surface area (Å²) >= 11 is 0. The van der Waals surface area contributed by atoms with Crippen molar-refractivity contribution in [3.05, 3.63) is 35.9 Å². The Morgan fingerprint density at radius 3 is 2.40 bits per heavy atom. The number of carbonyl (C=O) groups excluding carboxylic acids is 1. The molecular formula is C16H26ClN3O4S. The lowest BCUT2D eigenvalue weighted by atomic mass is 10.2. The minimum atomic E-state index is -3.35. The summed E-state index contributed by atoms with van der Waals surface area (Å²) in [4.78, 5) is 13.8. The summed E-state index contributed by atoms with van der Waals surface area (Å²) in [6.45, 7) is 2.97. The van der Waals surface area contributed by atoms with Crippen LogP contribution >= 0.6 is 12.4 Å². The maximum atomic E-state index is 12.5. The van der Waals surface area contributed by atoms with E-state index in [2.05, 4.69) is 5.32 Å². The highest BCUT2D eigenvalue weighted by Gasteiger charge is 2.28. The molecule has 0 radical (unpaired) electrons. The van der Waals surface area contributed by atoms with Gasteiger partial charge in [0.15, 0.2) is 0 Å². The van der Waals surface area contributed by atoms with Gasteiger partial charge in [-0.05, 0) is 5.56 Å². The molecule has 0 bridgehead atoms. The molecular weight excluding hydrogens is 366 g/mol. The molecule has 142 valence electrons. The van der Waals surface area contributed by atoms with Crippen LogP contribution in [0.1, 0.15) is 5.56 Å². The van der Waals surface area contributed by atoms with Crippen LogP contribution in [0.4, 0.5) is 0 Å². The van der Waals surface area contributed by atoms with E-state index in [0.717, 1.165) is 5.56 Å². The minimum Gasteiger partial charge on any atom is -0.383 e. The number of nitrogens with zero attached hydrogens (tertiary/aromatic N) is 2. The summed E-state index contributed by atoms with van der Waals surface area (Å²) in [7, 11) is -1.74. The van der Waals surface area contributed by atoms with Crippen molar-refractivity contribution in [3.8, 4) is 0 Å². The van der Waals surface area contributed by atoms with Crippen LogP contribution < -0.4 is 5.32 Å². The third kappa shape index (κ3) is 6.91. The fourth-order valence-corrected chi connectivity index (χ4v) is 4.09. The van der Waals surface area contributed by atoms with Gasteiger partial charge in [-0.15, -0.1) is 12.4 Å². The molecule has 1 aliphatic heterocycles. The van der Waals surface area contributed by atoms with E-state index in [0.29, 0.717) is 39.3 Å². The van der Waals surface area contributed by atoms with Gasteiger partial charge in [0.25, 0.3) is 0 Å². The first-order valence-corrected chi connectivity index (χ1v) is 9.63. The molecule has 0 atom stereocenters. The third-order valence-corrected chi connectivity index (χ3v) is 5.79. The molecule has 1 aromatic rings. The van der Waals surface area contributed by atoms with Crippen molar-refractivity contribution < 1.29 is 17.9 Å². The van der Waals surface area contributed by atoms with Crippen molar-refractivity contribution in [3.63, 3.8) is 0 Å². The molecule has 1 saturated heterocycles. The first-order valence-electron chi connectivity index (χ1n) is 8.02. The molecule has 0 spiro atoms. The predicted molar refractivity (Wildman–Crippen MR) is 99.2 cm³/mol. The maximum absolute atomic E-state index is 12.5. The van der Waals surface area contributed by atoms with Crippen molar-refractivity contribution in [2.24, 2.45) is 0 Å². The molecule has 1 heterocycles. The molecule has 0 aromatic heterocycles. The number of hydrogen-bond acceptors (Lipinski definition) is 5. The first kappa shape index (κ1) is 21.9. The SMILES string of the molecule is COCCNCC(=O)N1CCN(S(=O)(=O)Cc2ccccc2)CC1.Cl. The van der Waals surface area contributed by atoms with Crippen molar-refractivity contribution in [1.29, 1.82) is 0 Å². The molecule has 1 N–H and O–H groups in total. The zero-order valence-electron chi connectivity index (χ0n) is 14.4. The van der Waals surface area contributed by atoms with Gasteiger partial charge in [0.2, 0.25) is 15.9 Å². The molecule has 1 aromatic carbocycles. The van der Waals surface area contributed by atoms with Gasteiger partial charge in [-0.2, -0.15) is 4.31 Å². The topological polar surface area (TPSA) is 79.0 Å². The number of halogens is 1. The molecule has 1 aliphatic rings. The molecule has 2 rings (SSSR count). The Labute approximate surface area is 155 Å². The van der Waals surface area contributed by atoms with Crippen LogP contribution in [0.25, 0.3) is 0 Å². The van der Waals surface area contributed by atoms with Gasteiger partial charge in [-0.1, -0.05) is 30.3 Å². The van der Waals surface area contributed by atoms with Gasteiger partial charge in [-0.25, -0.2) is 8.42 Å². The van der Waals surface area contributed by atoms with Crippen LogP contribution in [0.2, 0.25) is 0 Å². The van der Waals surface area contributed by atoms with Crippen molar-refractivity contribution >= 4 is 28.3 Å². The average Bonchev–Trinajstić information content (AvgIpc) is 2.59. The predicted octanol–water partition coefficient (Wildman–Crippen LogP) is 0.318. The van der Waals surface area contributed by atoms with Crippen LogP contribution in [0.15, 0.2) is 30.3 Å². The Morgan fingerprint density at radius 2 is 1.80 bits per heavy atom. The molecule has 1 fully saturated rings. The number of amides is 1. The second kappa shape index (κ2) is 10.7. The summed E-state index contributed by atoms with van der Waals surface area (Å²) < 4.78 is 31.3. The summed E-state index contributed by atoms with van der Waals surface area (Å²) in [5.74, 6) is -0.00778. The Hall–Kier alpha value is -1.19. The molecule has 9 heteroatoms. The standard InChI is InChI=1S/C16H25N3O4S.ClH/c1-23-12-7-17-13-16(20)18-8-10-19(11-9-18)24(21,22)14-15-5-3-2-4-6-15;/h2-6,17H,7-14H2,1H3;1H. The zero-order valence-corrected chi connectivity index (χ0v) is 16.0. The Bertz CT molecular complexity index is 620. The number of rotatable bonds is 8. The summed E-state index contributed by atoms with van der Waals surface area (Å²) in [6, 6.07) is 9.14. The van der Waals surface area contributed by atoms with E-state index in [4.69, 9.17) is 4.74 Å². The third-order valence-electron chi connectivity index (χ3n) is 3.94. The van der Waals surface area contributed by atoms with E-state index in [9.17, 15) is 13.2 Å². The van der Waals surface area contributed by atoms with Crippen LogP contribution in [0, 0.1) is 0 Å². The van der Waals surface area contributed by atoms with Crippen molar-refractivity contribution in [2.75, 3.05) is 53.0 Å². The Kier molecular flexibility index (Phi) is 9.37. The molecule has 1 amide bonds. The van der Waals surface area contributed by atoms with Gasteiger partial charge < -0.3 is 15.0 Å². The van der Waals surface area contributed by atoms with E-state index in [-0.39, 0.29) is 30.6 Å². The lowest BCUT2D eigenvalue weighted by molar-refractivity contribution is -0.131. The lowest BCUT2D eigenvalue weighted by Crippen LogP contribution is -2.52. The Morgan fingerprint density at radius 1 is 1.16 bits per heavy atom. The lowest BCUT2D eigenvalue weighted by Gasteiger charge is -2.34. The quantitative estimate of drug-likeness (QED) is 0.645. The smallest absolute Gasteiger partial charge is 0.236 e. The molecule has 0 aliphatic carbocycles. The van der Waals surface area contributed by atoms with E-state index in [1.807, 2.05) is 30.3 Å². The highest BCUT2D eigenvalue weighted by Crippen LogP contribution is 2.13. The second-order valence-corrected chi connectivity index (χ2v) is 7.66. The van der Waals surface area contributed by atoms with Gasteiger partial charge in [0.05, 0.1) is 18.9 Å². The summed E-state index contributed by atoms with van der Waals surface area (Å²) in [5, 5.41) is 3.01. The zero-order chi connectivity index (χ0) is 17.4. The number of sulfonamides is 1. The molecule has 7 nitrogen and oxygen atoms in total. The van der Waals surface area contributed by atoms with E-state index >= 15 is 0 Å². The summed E-state index contributed by atoms with van der Waals surface area (Å²) in [6.07, 6.45) is 0. The molecule has 0 unspecified atom stereocenters. The number of methoxy groups -OCH3 is 1. The van der Waals surface area contributed by atoms with Crippen molar-refractivity contribution in [2.45, 2.75) is 5.75 Å². The van der Waals surface area contributed by atoms with Gasteiger partial charge in [0, 0.05) is 39.8 Å². The molecule has 0 saturated carbocycles. The number of piperazine rings is 1. The largest absolute Gasteiger partial charge is 0.383 e. The minimum absolute atomic E-state index is 0. The van der Waals surface area contributed by atoms with Crippen LogP contribution in [0.3, 0.4) is 0 Å². The molecule has 25 heavy (non-hydrogen) atoms. The van der Waals surface area contributed by atoms with E-state index in [1.165, 1.54) is 4.31 Å². The normalized spacial score (nSPS) is 15.6. The van der Waals surface area contributed by atoms with Crippen molar-refractivity contribution in [1.82, 2.24) is 14.5 Å². The van der Waals surface area contributed by atoms with Gasteiger partial charge in [-0.3, -0.25) is 4.79 Å². The highest BCUT2D eigenvalue weighted by atomic mass is 35.5.